The number of ether oxygens (including phenoxy) is 1. The first kappa shape index (κ1) is 11.0. The molecule has 2 rings (SSSR count). The molecular formula is C11H16N2O3. The molecule has 1 aromatic rings. The Morgan fingerprint density at radius 1 is 1.56 bits per heavy atom. The number of hydrogen-bond donors (Lipinski definition) is 2. The number of carboxylic acid groups (broad SMARTS) is 1. The number of nitrogens with one attached hydrogen (secondary N) is 1. The first-order chi connectivity index (χ1) is 7.77. The molecule has 88 valence electrons. The van der Waals surface area contributed by atoms with Crippen LogP contribution in [0.3, 0.4) is 0 Å². The highest BCUT2D eigenvalue weighted by Crippen LogP contribution is 2.27. The van der Waals surface area contributed by atoms with Gasteiger partial charge in [0, 0.05) is 6.20 Å². The predicted octanol–water partition coefficient (Wildman–Crippen LogP) is 2.07. The maximum absolute atomic E-state index is 10.8. The van der Waals surface area contributed by atoms with Crippen molar-refractivity contribution in [2.45, 2.75) is 32.1 Å². The highest BCUT2D eigenvalue weighted by Gasteiger charge is 2.17. The number of carboxylic acids is 1. The van der Waals surface area contributed by atoms with Gasteiger partial charge in [0.2, 0.25) is 5.88 Å². The van der Waals surface area contributed by atoms with Crippen LogP contribution in [0.25, 0.3) is 0 Å². The minimum absolute atomic E-state index is 0.103. The molecule has 5 nitrogen and oxygen atoms in total. The Morgan fingerprint density at radius 3 is 3.00 bits per heavy atom. The Kier molecular flexibility index (Phi) is 3.44. The van der Waals surface area contributed by atoms with E-state index in [1.54, 1.807) is 0 Å². The van der Waals surface area contributed by atoms with Crippen LogP contribution < -0.4 is 4.74 Å². The van der Waals surface area contributed by atoms with Crippen molar-refractivity contribution in [3.05, 3.63) is 11.8 Å². The van der Waals surface area contributed by atoms with E-state index < -0.39 is 5.97 Å². The second-order valence-electron chi connectivity index (χ2n) is 4.20. The first-order valence-electron chi connectivity index (χ1n) is 5.67. The van der Waals surface area contributed by atoms with E-state index in [1.165, 1.54) is 31.9 Å². The molecule has 1 aliphatic rings. The topological polar surface area (TPSA) is 75.2 Å². The van der Waals surface area contributed by atoms with Crippen LogP contribution in [0.4, 0.5) is 0 Å². The summed E-state index contributed by atoms with van der Waals surface area (Å²) in [6, 6.07) is 0. The van der Waals surface area contributed by atoms with Crippen molar-refractivity contribution in [2.75, 3.05) is 6.61 Å². The highest BCUT2D eigenvalue weighted by atomic mass is 16.5. The van der Waals surface area contributed by atoms with E-state index in [9.17, 15) is 4.79 Å². The van der Waals surface area contributed by atoms with Gasteiger partial charge >= 0.3 is 5.97 Å². The molecule has 16 heavy (non-hydrogen) atoms. The Hall–Kier alpha value is -1.52. The SMILES string of the molecule is O=C(O)c1c[nH]nc1OCCC1CCCC1. The molecule has 1 aromatic heterocycles. The molecule has 0 saturated heterocycles. The molecule has 0 spiro atoms. The van der Waals surface area contributed by atoms with Crippen molar-refractivity contribution in [1.82, 2.24) is 10.2 Å². The second kappa shape index (κ2) is 5.01. The number of aromatic amines is 1. The number of rotatable bonds is 5. The standard InChI is InChI=1S/C11H16N2O3/c14-11(15)9-7-12-13-10(9)16-6-5-8-3-1-2-4-8/h7-8H,1-6H2,(H,12,13)(H,14,15). The second-order valence-corrected chi connectivity index (χ2v) is 4.20. The van der Waals surface area contributed by atoms with E-state index in [4.69, 9.17) is 9.84 Å². The Balaban J connectivity index is 1.80. The third kappa shape index (κ3) is 2.53. The Labute approximate surface area is 93.8 Å². The number of nitrogens with zero attached hydrogens (tertiary/aromatic N) is 1. The lowest BCUT2D eigenvalue weighted by atomic mass is 10.1. The van der Waals surface area contributed by atoms with E-state index in [-0.39, 0.29) is 11.4 Å². The lowest BCUT2D eigenvalue weighted by Gasteiger charge is -2.08. The average molecular weight is 224 g/mol. The molecule has 0 radical (unpaired) electrons. The highest BCUT2D eigenvalue weighted by molar-refractivity contribution is 5.89. The van der Waals surface area contributed by atoms with Gasteiger partial charge in [-0.25, -0.2) is 4.79 Å². The van der Waals surface area contributed by atoms with Gasteiger partial charge in [0.05, 0.1) is 6.61 Å². The van der Waals surface area contributed by atoms with Crippen LogP contribution in [0.2, 0.25) is 0 Å². The van der Waals surface area contributed by atoms with Crippen molar-refractivity contribution in [2.24, 2.45) is 5.92 Å². The Morgan fingerprint density at radius 2 is 2.31 bits per heavy atom. The molecule has 0 aliphatic heterocycles. The zero-order valence-corrected chi connectivity index (χ0v) is 9.11. The first-order valence-corrected chi connectivity index (χ1v) is 5.67. The molecule has 0 amide bonds. The van der Waals surface area contributed by atoms with Gasteiger partial charge in [-0.15, -0.1) is 5.10 Å². The normalized spacial score (nSPS) is 16.5. The van der Waals surface area contributed by atoms with Crippen molar-refractivity contribution in [3.63, 3.8) is 0 Å². The summed E-state index contributed by atoms with van der Waals surface area (Å²) in [5.74, 6) is -0.0673. The van der Waals surface area contributed by atoms with Crippen LogP contribution in [0.1, 0.15) is 42.5 Å². The van der Waals surface area contributed by atoms with Crippen LogP contribution in [-0.2, 0) is 0 Å². The summed E-state index contributed by atoms with van der Waals surface area (Å²) in [6.45, 7) is 0.551. The molecule has 2 N–H and O–H groups in total. The van der Waals surface area contributed by atoms with E-state index >= 15 is 0 Å². The summed E-state index contributed by atoms with van der Waals surface area (Å²) < 4.78 is 5.38. The summed E-state index contributed by atoms with van der Waals surface area (Å²) in [5, 5.41) is 15.1. The number of H-pyrrole nitrogens is 1. The van der Waals surface area contributed by atoms with Gasteiger partial charge < -0.3 is 9.84 Å². The van der Waals surface area contributed by atoms with Gasteiger partial charge in [0.25, 0.3) is 0 Å². The molecule has 0 aromatic carbocycles. The quantitative estimate of drug-likeness (QED) is 0.802. The average Bonchev–Trinajstić information content (AvgIpc) is 2.87. The van der Waals surface area contributed by atoms with Crippen molar-refractivity contribution < 1.29 is 14.6 Å². The molecule has 1 heterocycles. The molecule has 0 atom stereocenters. The predicted molar refractivity (Wildman–Crippen MR) is 57.6 cm³/mol. The lowest BCUT2D eigenvalue weighted by Crippen LogP contribution is -2.06. The van der Waals surface area contributed by atoms with Crippen LogP contribution in [0.15, 0.2) is 6.20 Å². The third-order valence-corrected chi connectivity index (χ3v) is 3.08. The summed E-state index contributed by atoms with van der Waals surface area (Å²) in [7, 11) is 0. The van der Waals surface area contributed by atoms with E-state index in [0.717, 1.165) is 12.3 Å². The maximum Gasteiger partial charge on any atom is 0.342 e. The molecular weight excluding hydrogens is 208 g/mol. The molecule has 1 aliphatic carbocycles. The molecule has 1 fully saturated rings. The summed E-state index contributed by atoms with van der Waals surface area (Å²) >= 11 is 0. The van der Waals surface area contributed by atoms with Crippen LogP contribution >= 0.6 is 0 Å². The van der Waals surface area contributed by atoms with Gasteiger partial charge in [-0.3, -0.25) is 5.10 Å². The van der Waals surface area contributed by atoms with Gasteiger partial charge in [-0.05, 0) is 12.3 Å². The third-order valence-electron chi connectivity index (χ3n) is 3.08. The maximum atomic E-state index is 10.8. The molecule has 0 bridgehead atoms. The minimum atomic E-state index is -1.01. The van der Waals surface area contributed by atoms with Gasteiger partial charge in [0.15, 0.2) is 0 Å². The fraction of sp³-hybridized carbons (Fsp3) is 0.636. The fourth-order valence-corrected chi connectivity index (χ4v) is 2.16. The van der Waals surface area contributed by atoms with Crippen molar-refractivity contribution >= 4 is 5.97 Å². The number of aromatic carboxylic acids is 1. The smallest absolute Gasteiger partial charge is 0.342 e. The zero-order valence-electron chi connectivity index (χ0n) is 9.11. The van der Waals surface area contributed by atoms with E-state index in [2.05, 4.69) is 10.2 Å². The van der Waals surface area contributed by atoms with Crippen LogP contribution in [0.5, 0.6) is 5.88 Å². The monoisotopic (exact) mass is 224 g/mol. The number of aromatic nitrogens is 2. The largest absolute Gasteiger partial charge is 0.477 e. The molecule has 5 heteroatoms. The van der Waals surface area contributed by atoms with Gasteiger partial charge in [-0.1, -0.05) is 25.7 Å². The lowest BCUT2D eigenvalue weighted by molar-refractivity contribution is 0.0692. The van der Waals surface area contributed by atoms with E-state index in [0.29, 0.717) is 6.61 Å². The van der Waals surface area contributed by atoms with Gasteiger partial charge in [-0.2, -0.15) is 0 Å². The van der Waals surface area contributed by atoms with Gasteiger partial charge in [0.1, 0.15) is 5.56 Å². The van der Waals surface area contributed by atoms with E-state index in [1.807, 2.05) is 0 Å². The molecule has 1 saturated carbocycles. The van der Waals surface area contributed by atoms with Crippen molar-refractivity contribution in [3.8, 4) is 5.88 Å². The van der Waals surface area contributed by atoms with Crippen LogP contribution in [0, 0.1) is 5.92 Å². The summed E-state index contributed by atoms with van der Waals surface area (Å²) in [4.78, 5) is 10.8. The summed E-state index contributed by atoms with van der Waals surface area (Å²) in [6.07, 6.45) is 7.51. The molecule has 0 unspecified atom stereocenters. The minimum Gasteiger partial charge on any atom is -0.477 e. The van der Waals surface area contributed by atoms with Crippen LogP contribution in [-0.4, -0.2) is 27.9 Å². The number of carbonyl (C=O) groups is 1. The van der Waals surface area contributed by atoms with Crippen molar-refractivity contribution in [1.29, 1.82) is 0 Å². The Bertz CT molecular complexity index is 356. The summed E-state index contributed by atoms with van der Waals surface area (Å²) in [5.41, 5.74) is 0.103. The number of hydrogen-bond acceptors (Lipinski definition) is 3. The fourth-order valence-electron chi connectivity index (χ4n) is 2.16. The zero-order chi connectivity index (χ0) is 11.4.